The van der Waals surface area contributed by atoms with E-state index in [1.165, 1.54) is 0 Å². The largest absolute Gasteiger partial charge is 0.481 e. The zero-order chi connectivity index (χ0) is 37.4. The zero-order valence-corrected chi connectivity index (χ0v) is 28.2. The fourth-order valence-electron chi connectivity index (χ4n) is 4.91. The van der Waals surface area contributed by atoms with E-state index in [0.29, 0.717) is 6.42 Å². The number of hydrogen-bond acceptors (Lipinski definition) is 11. The van der Waals surface area contributed by atoms with Crippen molar-refractivity contribution in [2.75, 3.05) is 18.8 Å². The van der Waals surface area contributed by atoms with Gasteiger partial charge in [0.05, 0.1) is 18.9 Å². The number of carbonyl (C=O) groups excluding carboxylic acids is 5. The first-order valence-corrected chi connectivity index (χ1v) is 16.1. The number of aliphatic imine (C=N–C) groups is 1. The molecule has 276 valence electrons. The molecule has 1 aliphatic heterocycles. The number of rotatable bonds is 21. The first-order valence-electron chi connectivity index (χ1n) is 15.5. The highest BCUT2D eigenvalue weighted by molar-refractivity contribution is 7.80. The van der Waals surface area contributed by atoms with E-state index in [2.05, 4.69) is 38.9 Å². The average Bonchev–Trinajstić information content (AvgIpc) is 3.49. The maximum atomic E-state index is 13.6. The van der Waals surface area contributed by atoms with Crippen LogP contribution in [0.25, 0.3) is 0 Å². The Bertz CT molecular complexity index is 1260. The lowest BCUT2D eigenvalue weighted by Gasteiger charge is -2.30. The molecule has 0 aromatic rings. The lowest BCUT2D eigenvalue weighted by Crippen LogP contribution is -2.59. The molecular formula is C28H47N9O11S. The number of nitrogens with zero attached hydrogens (tertiary/aromatic N) is 2. The monoisotopic (exact) mass is 717 g/mol. The molecule has 1 fully saturated rings. The Hall–Kier alpha value is -4.66. The first kappa shape index (κ1) is 42.4. The number of aliphatic carboxylic acids is 3. The molecule has 6 atom stereocenters. The maximum Gasteiger partial charge on any atom is 0.326 e. The molecular weight excluding hydrogens is 670 g/mol. The molecule has 0 aromatic heterocycles. The van der Waals surface area contributed by atoms with Gasteiger partial charge < -0.3 is 58.7 Å². The van der Waals surface area contributed by atoms with Crippen molar-refractivity contribution in [3.05, 3.63) is 0 Å². The molecule has 0 bridgehead atoms. The molecule has 1 aliphatic rings. The Morgan fingerprint density at radius 3 is 1.94 bits per heavy atom. The number of carboxylic acids is 3. The van der Waals surface area contributed by atoms with Gasteiger partial charge in [0.1, 0.15) is 30.2 Å². The summed E-state index contributed by atoms with van der Waals surface area (Å²) >= 11 is 3.99. The minimum Gasteiger partial charge on any atom is -0.481 e. The van der Waals surface area contributed by atoms with Crippen molar-refractivity contribution in [3.8, 4) is 0 Å². The number of likely N-dealkylation sites (tertiary alicyclic amines) is 1. The molecule has 0 radical (unpaired) electrons. The summed E-state index contributed by atoms with van der Waals surface area (Å²) in [5.41, 5.74) is 16.2. The Labute approximate surface area is 287 Å². The van der Waals surface area contributed by atoms with Crippen LogP contribution in [0.2, 0.25) is 0 Å². The van der Waals surface area contributed by atoms with Gasteiger partial charge >= 0.3 is 17.9 Å². The molecule has 1 saturated heterocycles. The Morgan fingerprint density at radius 2 is 1.41 bits per heavy atom. The normalized spacial score (nSPS) is 17.1. The summed E-state index contributed by atoms with van der Waals surface area (Å²) in [5.74, 6) is -9.22. The second-order valence-electron chi connectivity index (χ2n) is 11.8. The van der Waals surface area contributed by atoms with E-state index in [4.69, 9.17) is 22.3 Å². The highest BCUT2D eigenvalue weighted by Gasteiger charge is 2.40. The second kappa shape index (κ2) is 20.6. The number of hydrogen-bond donors (Lipinski definition) is 11. The van der Waals surface area contributed by atoms with E-state index >= 15 is 0 Å². The Kier molecular flexibility index (Phi) is 17.9. The molecule has 0 aromatic carbocycles. The summed E-state index contributed by atoms with van der Waals surface area (Å²) in [5, 5.41) is 37.4. The summed E-state index contributed by atoms with van der Waals surface area (Å²) < 4.78 is 0. The number of nitrogens with two attached hydrogens (primary N) is 3. The Morgan fingerprint density at radius 1 is 0.837 bits per heavy atom. The van der Waals surface area contributed by atoms with Crippen LogP contribution in [-0.2, 0) is 38.4 Å². The summed E-state index contributed by atoms with van der Waals surface area (Å²) in [6.07, 6.45) is -0.882. The number of carboxylic acid groups (broad SMARTS) is 3. The van der Waals surface area contributed by atoms with Gasteiger partial charge in [-0.1, -0.05) is 13.8 Å². The molecule has 1 rings (SSSR count). The molecule has 0 unspecified atom stereocenters. The van der Waals surface area contributed by atoms with E-state index in [9.17, 15) is 48.6 Å². The van der Waals surface area contributed by atoms with Crippen molar-refractivity contribution in [1.82, 2.24) is 26.2 Å². The minimum atomic E-state index is -1.70. The number of amides is 5. The van der Waals surface area contributed by atoms with Crippen LogP contribution in [0.5, 0.6) is 0 Å². The fraction of sp³-hybridized carbons (Fsp3) is 0.679. The van der Waals surface area contributed by atoms with Crippen LogP contribution in [0, 0.1) is 5.92 Å². The van der Waals surface area contributed by atoms with Crippen molar-refractivity contribution in [2.45, 2.75) is 95.0 Å². The number of guanidine groups is 1. The lowest BCUT2D eigenvalue weighted by atomic mass is 10.0. The van der Waals surface area contributed by atoms with Crippen molar-refractivity contribution in [3.63, 3.8) is 0 Å². The van der Waals surface area contributed by atoms with Crippen LogP contribution in [0.3, 0.4) is 0 Å². The summed E-state index contributed by atoms with van der Waals surface area (Å²) in [4.78, 5) is 105. The van der Waals surface area contributed by atoms with Crippen LogP contribution in [0.15, 0.2) is 4.99 Å². The molecule has 13 N–H and O–H groups in total. The predicted octanol–water partition coefficient (Wildman–Crippen LogP) is -3.69. The molecule has 5 amide bonds. The topological polar surface area (TPSA) is 339 Å². The third-order valence-electron chi connectivity index (χ3n) is 7.28. The molecule has 20 nitrogen and oxygen atoms in total. The number of carbonyl (C=O) groups is 8. The fourth-order valence-corrected chi connectivity index (χ4v) is 5.17. The van der Waals surface area contributed by atoms with Gasteiger partial charge in [0.2, 0.25) is 29.5 Å². The van der Waals surface area contributed by atoms with E-state index in [1.54, 1.807) is 13.8 Å². The standard InChI is InChI=1S/C28H47N9O11S/c1-13(2)9-17(27(47)48)35-23(43)15(5-3-7-32-28(30)31)33-25(45)19-6-4-8-37(19)26(46)16(11-21(40)41)34-24(44)18(12-49)36-22(42)14(29)10-20(38)39/h13-19,49H,3-12,29H2,1-2H3,(H,33,45)(H,34,44)(H,35,43)(H,36,42)(H,38,39)(H,40,41)(H,47,48)(H4,30,31,32)/t14-,15-,16-,17-,18-,19-/m0/s1. The van der Waals surface area contributed by atoms with Crippen LogP contribution >= 0.6 is 12.6 Å². The third kappa shape index (κ3) is 15.0. The number of thiol groups is 1. The SMILES string of the molecule is CC(C)C[C@H](NC(=O)[C@H](CCCN=C(N)N)NC(=O)[C@@H]1CCCN1C(=O)[C@H](CC(=O)O)NC(=O)[C@H](CS)NC(=O)[C@@H](N)CC(=O)O)C(=O)O. The maximum absolute atomic E-state index is 13.6. The molecule has 0 aliphatic carbocycles. The first-order chi connectivity index (χ1) is 22.9. The molecule has 0 saturated carbocycles. The van der Waals surface area contributed by atoms with Gasteiger partial charge in [-0.25, -0.2) is 4.79 Å². The predicted molar refractivity (Wildman–Crippen MR) is 176 cm³/mol. The van der Waals surface area contributed by atoms with Gasteiger partial charge in [-0.05, 0) is 38.0 Å². The minimum absolute atomic E-state index is 0.00346. The highest BCUT2D eigenvalue weighted by Crippen LogP contribution is 2.20. The molecule has 0 spiro atoms. The summed E-state index contributed by atoms with van der Waals surface area (Å²) in [6.45, 7) is 3.64. The van der Waals surface area contributed by atoms with Crippen molar-refractivity contribution in [2.24, 2.45) is 28.1 Å². The summed E-state index contributed by atoms with van der Waals surface area (Å²) in [6, 6.07) is -8.31. The van der Waals surface area contributed by atoms with Gasteiger partial charge in [0.25, 0.3) is 0 Å². The van der Waals surface area contributed by atoms with Crippen molar-refractivity contribution >= 4 is 66.0 Å². The van der Waals surface area contributed by atoms with E-state index in [1.807, 2.05) is 0 Å². The van der Waals surface area contributed by atoms with Crippen LogP contribution in [-0.4, -0.2) is 129 Å². The van der Waals surface area contributed by atoms with Gasteiger partial charge in [0.15, 0.2) is 5.96 Å². The van der Waals surface area contributed by atoms with Gasteiger partial charge in [-0.3, -0.25) is 38.6 Å². The lowest BCUT2D eigenvalue weighted by molar-refractivity contribution is -0.146. The van der Waals surface area contributed by atoms with Crippen molar-refractivity contribution in [1.29, 1.82) is 0 Å². The van der Waals surface area contributed by atoms with Crippen molar-refractivity contribution < 1.29 is 53.7 Å². The smallest absolute Gasteiger partial charge is 0.326 e. The van der Waals surface area contributed by atoms with E-state index < -0.39 is 96.5 Å². The third-order valence-corrected chi connectivity index (χ3v) is 7.64. The van der Waals surface area contributed by atoms with Gasteiger partial charge in [-0.2, -0.15) is 12.6 Å². The average molecular weight is 718 g/mol. The van der Waals surface area contributed by atoms with E-state index in [0.717, 1.165) is 4.90 Å². The quantitative estimate of drug-likeness (QED) is 0.0236. The molecule has 21 heteroatoms. The number of nitrogens with one attached hydrogen (secondary N) is 4. The molecule has 49 heavy (non-hydrogen) atoms. The van der Waals surface area contributed by atoms with E-state index in [-0.39, 0.29) is 56.4 Å². The second-order valence-corrected chi connectivity index (χ2v) is 12.2. The Balaban J connectivity index is 3.17. The molecule has 1 heterocycles. The summed E-state index contributed by atoms with van der Waals surface area (Å²) in [7, 11) is 0. The van der Waals surface area contributed by atoms with Gasteiger partial charge in [0, 0.05) is 18.8 Å². The van der Waals surface area contributed by atoms with Crippen LogP contribution < -0.4 is 38.5 Å². The highest BCUT2D eigenvalue weighted by atomic mass is 32.1. The zero-order valence-electron chi connectivity index (χ0n) is 27.3. The van der Waals surface area contributed by atoms with Gasteiger partial charge in [-0.15, -0.1) is 0 Å². The van der Waals surface area contributed by atoms with Crippen LogP contribution in [0.4, 0.5) is 0 Å². The van der Waals surface area contributed by atoms with Crippen LogP contribution in [0.1, 0.15) is 58.8 Å².